The molecule has 1 rings (SSSR count). The van der Waals surface area contributed by atoms with Crippen LogP contribution in [0.2, 0.25) is 0 Å². The summed E-state index contributed by atoms with van der Waals surface area (Å²) in [4.78, 5) is 0. The number of anilines is 1. The van der Waals surface area contributed by atoms with E-state index < -0.39 is 17.8 Å². The van der Waals surface area contributed by atoms with Gasteiger partial charge in [0, 0.05) is 11.8 Å². The normalized spacial score (nSPS) is 13.6. The Labute approximate surface area is 106 Å². The quantitative estimate of drug-likeness (QED) is 0.855. The Morgan fingerprint density at radius 1 is 1.44 bits per heavy atom. The standard InChI is InChI=1S/C9H12F3N5S/c1-5(2)17-7(14)15-16-8(17)18-4-6(3-13)9(10,11)12/h5-6H,4H2,1-2H3,(H2,14,15). The van der Waals surface area contributed by atoms with Crippen molar-refractivity contribution < 1.29 is 13.2 Å². The molecule has 0 bridgehead atoms. The Bertz CT molecular complexity index is 448. The van der Waals surface area contributed by atoms with Crippen molar-refractivity contribution in [3.63, 3.8) is 0 Å². The molecule has 0 spiro atoms. The number of hydrogen-bond acceptors (Lipinski definition) is 5. The summed E-state index contributed by atoms with van der Waals surface area (Å²) in [5.74, 6) is -2.31. The van der Waals surface area contributed by atoms with E-state index in [2.05, 4.69) is 10.2 Å². The minimum Gasteiger partial charge on any atom is -0.368 e. The van der Waals surface area contributed by atoms with E-state index in [-0.39, 0.29) is 17.1 Å². The topological polar surface area (TPSA) is 80.5 Å². The van der Waals surface area contributed by atoms with Crippen LogP contribution in [0.3, 0.4) is 0 Å². The van der Waals surface area contributed by atoms with E-state index in [0.29, 0.717) is 0 Å². The van der Waals surface area contributed by atoms with E-state index in [4.69, 9.17) is 11.0 Å². The lowest BCUT2D eigenvalue weighted by atomic mass is 10.2. The van der Waals surface area contributed by atoms with Crippen LogP contribution in [0.1, 0.15) is 19.9 Å². The van der Waals surface area contributed by atoms with Crippen molar-refractivity contribution in [1.29, 1.82) is 5.26 Å². The molecule has 0 radical (unpaired) electrons. The third kappa shape index (κ3) is 3.29. The van der Waals surface area contributed by atoms with Crippen molar-refractivity contribution in [2.75, 3.05) is 11.5 Å². The summed E-state index contributed by atoms with van der Waals surface area (Å²) >= 11 is 0.823. The first-order chi connectivity index (χ1) is 8.27. The fraction of sp³-hybridized carbons (Fsp3) is 0.667. The first-order valence-corrected chi connectivity index (χ1v) is 6.05. The molecule has 0 fully saturated rings. The average molecular weight is 279 g/mol. The third-order valence-corrected chi connectivity index (χ3v) is 3.17. The maximum atomic E-state index is 12.4. The van der Waals surface area contributed by atoms with Gasteiger partial charge in [0.2, 0.25) is 5.95 Å². The number of nitrogen functional groups attached to an aromatic ring is 1. The number of aromatic nitrogens is 3. The summed E-state index contributed by atoms with van der Waals surface area (Å²) < 4.78 is 38.7. The van der Waals surface area contributed by atoms with E-state index in [1.165, 1.54) is 10.6 Å². The molecule has 9 heteroatoms. The molecule has 5 nitrogen and oxygen atoms in total. The summed E-state index contributed by atoms with van der Waals surface area (Å²) in [6.07, 6.45) is -4.53. The zero-order valence-corrected chi connectivity index (χ0v) is 10.6. The fourth-order valence-electron chi connectivity index (χ4n) is 1.24. The van der Waals surface area contributed by atoms with Gasteiger partial charge in [-0.3, -0.25) is 4.57 Å². The molecular weight excluding hydrogens is 267 g/mol. The summed E-state index contributed by atoms with van der Waals surface area (Å²) in [5, 5.41) is 16.1. The third-order valence-electron chi connectivity index (χ3n) is 2.14. The molecule has 1 heterocycles. The Morgan fingerprint density at radius 2 is 2.06 bits per heavy atom. The second kappa shape index (κ2) is 5.48. The highest BCUT2D eigenvalue weighted by atomic mass is 32.2. The lowest BCUT2D eigenvalue weighted by Crippen LogP contribution is -2.23. The van der Waals surface area contributed by atoms with Crippen LogP contribution in [-0.2, 0) is 0 Å². The Hall–Kier alpha value is -1.43. The molecule has 1 unspecified atom stereocenters. The average Bonchev–Trinajstić information content (AvgIpc) is 2.58. The van der Waals surface area contributed by atoms with Gasteiger partial charge >= 0.3 is 6.18 Å². The lowest BCUT2D eigenvalue weighted by molar-refractivity contribution is -0.152. The molecule has 1 atom stereocenters. The van der Waals surface area contributed by atoms with Crippen molar-refractivity contribution in [3.05, 3.63) is 0 Å². The van der Waals surface area contributed by atoms with Crippen LogP contribution in [0.4, 0.5) is 19.1 Å². The van der Waals surface area contributed by atoms with Gasteiger partial charge in [0.1, 0.15) is 0 Å². The summed E-state index contributed by atoms with van der Waals surface area (Å²) in [7, 11) is 0. The smallest absolute Gasteiger partial charge is 0.368 e. The Kier molecular flexibility index (Phi) is 4.45. The Morgan fingerprint density at radius 3 is 2.50 bits per heavy atom. The molecule has 0 aromatic carbocycles. The van der Waals surface area contributed by atoms with Crippen LogP contribution in [0.15, 0.2) is 5.16 Å². The van der Waals surface area contributed by atoms with Crippen molar-refractivity contribution in [2.45, 2.75) is 31.2 Å². The van der Waals surface area contributed by atoms with Gasteiger partial charge in [-0.2, -0.15) is 18.4 Å². The highest BCUT2D eigenvalue weighted by Gasteiger charge is 2.40. The zero-order chi connectivity index (χ0) is 13.9. The van der Waals surface area contributed by atoms with Crippen LogP contribution in [0, 0.1) is 17.2 Å². The van der Waals surface area contributed by atoms with Crippen molar-refractivity contribution in [3.8, 4) is 6.07 Å². The van der Waals surface area contributed by atoms with Crippen LogP contribution in [0.25, 0.3) is 0 Å². The van der Waals surface area contributed by atoms with Gasteiger partial charge in [0.15, 0.2) is 11.1 Å². The summed E-state index contributed by atoms with van der Waals surface area (Å²) in [6.45, 7) is 3.63. The number of rotatable bonds is 4. The monoisotopic (exact) mass is 279 g/mol. The SMILES string of the molecule is CC(C)n1c(N)nnc1SCC(C#N)C(F)(F)F. The summed E-state index contributed by atoms with van der Waals surface area (Å²) in [6, 6.07) is 1.17. The molecule has 0 saturated carbocycles. The van der Waals surface area contributed by atoms with Gasteiger partial charge in [-0.15, -0.1) is 10.2 Å². The van der Waals surface area contributed by atoms with Crippen molar-refractivity contribution in [2.24, 2.45) is 5.92 Å². The van der Waals surface area contributed by atoms with Crippen molar-refractivity contribution in [1.82, 2.24) is 14.8 Å². The van der Waals surface area contributed by atoms with E-state index in [1.54, 1.807) is 0 Å². The number of alkyl halides is 3. The first kappa shape index (κ1) is 14.6. The molecule has 0 saturated heterocycles. The van der Waals surface area contributed by atoms with Crippen LogP contribution in [0.5, 0.6) is 0 Å². The number of halogens is 3. The minimum atomic E-state index is -4.53. The van der Waals surface area contributed by atoms with Gasteiger partial charge in [-0.05, 0) is 13.8 Å². The highest BCUT2D eigenvalue weighted by Crippen LogP contribution is 2.31. The predicted molar refractivity (Wildman–Crippen MR) is 60.7 cm³/mol. The largest absolute Gasteiger partial charge is 0.405 e. The molecule has 100 valence electrons. The van der Waals surface area contributed by atoms with E-state index >= 15 is 0 Å². The maximum Gasteiger partial charge on any atom is 0.405 e. The van der Waals surface area contributed by atoms with Gasteiger partial charge in [0.25, 0.3) is 0 Å². The molecule has 0 amide bonds. The predicted octanol–water partition coefficient (Wildman–Crippen LogP) is 2.24. The van der Waals surface area contributed by atoms with E-state index in [9.17, 15) is 13.2 Å². The number of nitriles is 1. The van der Waals surface area contributed by atoms with E-state index in [0.717, 1.165) is 11.8 Å². The van der Waals surface area contributed by atoms with Gasteiger partial charge < -0.3 is 5.73 Å². The molecule has 0 aliphatic carbocycles. The minimum absolute atomic E-state index is 0.0612. The molecular formula is C9H12F3N5S. The molecule has 18 heavy (non-hydrogen) atoms. The second-order valence-corrected chi connectivity index (χ2v) is 4.83. The lowest BCUT2D eigenvalue weighted by Gasteiger charge is -2.14. The first-order valence-electron chi connectivity index (χ1n) is 5.06. The van der Waals surface area contributed by atoms with Gasteiger partial charge in [-0.1, -0.05) is 11.8 Å². The molecule has 1 aromatic rings. The van der Waals surface area contributed by atoms with Gasteiger partial charge in [-0.25, -0.2) is 0 Å². The molecule has 2 N–H and O–H groups in total. The molecule has 0 aliphatic rings. The van der Waals surface area contributed by atoms with Crippen LogP contribution < -0.4 is 5.73 Å². The number of thioether (sulfide) groups is 1. The molecule has 0 aliphatic heterocycles. The van der Waals surface area contributed by atoms with Crippen molar-refractivity contribution >= 4 is 17.7 Å². The second-order valence-electron chi connectivity index (χ2n) is 3.84. The van der Waals surface area contributed by atoms with Gasteiger partial charge in [0.05, 0.1) is 6.07 Å². The van der Waals surface area contributed by atoms with Crippen LogP contribution in [-0.4, -0.2) is 26.7 Å². The summed E-state index contributed by atoms with van der Waals surface area (Å²) in [5.41, 5.74) is 5.56. The zero-order valence-electron chi connectivity index (χ0n) is 9.77. The molecule has 1 aromatic heterocycles. The maximum absolute atomic E-state index is 12.4. The number of nitrogens with two attached hydrogens (primary N) is 1. The van der Waals surface area contributed by atoms with E-state index in [1.807, 2.05) is 13.8 Å². The van der Waals surface area contributed by atoms with Crippen LogP contribution >= 0.6 is 11.8 Å². The number of hydrogen-bond donors (Lipinski definition) is 1. The fourth-order valence-corrected chi connectivity index (χ4v) is 2.36. The Balaban J connectivity index is 2.78. The number of nitrogens with zero attached hydrogens (tertiary/aromatic N) is 4. The highest BCUT2D eigenvalue weighted by molar-refractivity contribution is 7.99.